The van der Waals surface area contributed by atoms with Gasteiger partial charge in [-0.25, -0.2) is 0 Å². The average molecular weight is 291 g/mol. The smallest absolute Gasteiger partial charge is 0.194 e. The van der Waals surface area contributed by atoms with Crippen molar-refractivity contribution >= 4 is 11.5 Å². The van der Waals surface area contributed by atoms with E-state index in [-0.39, 0.29) is 5.78 Å². The summed E-state index contributed by atoms with van der Waals surface area (Å²) in [6, 6.07) is 0. The van der Waals surface area contributed by atoms with Gasteiger partial charge in [0, 0.05) is 63.5 Å². The Morgan fingerprint density at radius 3 is 2.57 bits per heavy atom. The number of ether oxygens (including phenoxy) is 1. The summed E-state index contributed by atoms with van der Waals surface area (Å²) in [6.45, 7) is 1.45. The molecule has 2 aliphatic rings. The van der Waals surface area contributed by atoms with Gasteiger partial charge >= 0.3 is 0 Å². The second-order valence-corrected chi connectivity index (χ2v) is 5.85. The van der Waals surface area contributed by atoms with E-state index in [1.807, 2.05) is 32.2 Å². The van der Waals surface area contributed by atoms with Crippen molar-refractivity contribution in [1.82, 2.24) is 10.2 Å². The van der Waals surface area contributed by atoms with Crippen LogP contribution >= 0.6 is 0 Å². The molecule has 0 unspecified atom stereocenters. The molecule has 2 N–H and O–H groups in total. The van der Waals surface area contributed by atoms with Gasteiger partial charge in [-0.15, -0.1) is 0 Å². The number of hydrogen-bond donors (Lipinski definition) is 2. The van der Waals surface area contributed by atoms with Crippen LogP contribution in [-0.4, -0.2) is 50.8 Å². The maximum absolute atomic E-state index is 12.7. The Morgan fingerprint density at radius 1 is 1.33 bits per heavy atom. The molecule has 0 radical (unpaired) electrons. The number of rotatable bonds is 3. The summed E-state index contributed by atoms with van der Waals surface area (Å²) in [5.41, 5.74) is 2.78. The van der Waals surface area contributed by atoms with Crippen LogP contribution in [0.2, 0.25) is 0 Å². The van der Waals surface area contributed by atoms with Crippen molar-refractivity contribution in [2.45, 2.75) is 25.7 Å². The lowest BCUT2D eigenvalue weighted by Gasteiger charge is -2.29. The van der Waals surface area contributed by atoms with Gasteiger partial charge in [0.15, 0.2) is 5.78 Å². The Kier molecular flexibility index (Phi) is 5.17. The second kappa shape index (κ2) is 6.89. The largest absolute Gasteiger partial charge is 0.391 e. The number of Topliss-reactive ketones (excluding diaryl/α,β-unsaturated/α-hetero) is 1. The normalized spacial score (nSPS) is 25.2. The van der Waals surface area contributed by atoms with Crippen molar-refractivity contribution in [3.63, 3.8) is 0 Å². The molecule has 0 aromatic heterocycles. The van der Waals surface area contributed by atoms with Gasteiger partial charge in [-0.3, -0.25) is 4.79 Å². The summed E-state index contributed by atoms with van der Waals surface area (Å²) in [6.07, 6.45) is 4.99. The summed E-state index contributed by atoms with van der Waals surface area (Å²) < 4.78 is 5.40. The van der Waals surface area contributed by atoms with Crippen LogP contribution in [0.5, 0.6) is 0 Å². The Balaban J connectivity index is 2.37. The van der Waals surface area contributed by atoms with Crippen LogP contribution in [0, 0.1) is 11.3 Å². The molecular formula is C16H25N3O2. The third-order valence-electron chi connectivity index (χ3n) is 4.05. The first-order chi connectivity index (χ1) is 10.0. The number of carbonyl (C=O) groups is 1. The van der Waals surface area contributed by atoms with E-state index < -0.39 is 0 Å². The molecule has 1 saturated heterocycles. The predicted octanol–water partition coefficient (Wildman–Crippen LogP) is 1.71. The van der Waals surface area contributed by atoms with Crippen LogP contribution in [0.4, 0.5) is 0 Å². The van der Waals surface area contributed by atoms with Crippen LogP contribution in [0.1, 0.15) is 25.7 Å². The zero-order valence-corrected chi connectivity index (χ0v) is 13.2. The SMILES string of the molecule is CN/C(=C1\C(=N)CC/C(=C\N(C)C)C1=O)C1CCOCC1. The minimum absolute atomic E-state index is 0.00999. The van der Waals surface area contributed by atoms with Gasteiger partial charge in [-0.1, -0.05) is 0 Å². The van der Waals surface area contributed by atoms with Gasteiger partial charge in [0.05, 0.1) is 5.57 Å². The maximum Gasteiger partial charge on any atom is 0.194 e. The fraction of sp³-hybridized carbons (Fsp3) is 0.625. The van der Waals surface area contributed by atoms with E-state index in [1.54, 1.807) is 0 Å². The third-order valence-corrected chi connectivity index (χ3v) is 4.05. The molecule has 0 spiro atoms. The second-order valence-electron chi connectivity index (χ2n) is 5.85. The quantitative estimate of drug-likeness (QED) is 0.777. The summed E-state index contributed by atoms with van der Waals surface area (Å²) in [5, 5.41) is 11.4. The van der Waals surface area contributed by atoms with Crippen LogP contribution < -0.4 is 5.32 Å². The first-order valence-corrected chi connectivity index (χ1v) is 7.54. The number of nitrogens with one attached hydrogen (secondary N) is 2. The fourth-order valence-corrected chi connectivity index (χ4v) is 3.04. The van der Waals surface area contributed by atoms with E-state index in [0.717, 1.165) is 37.3 Å². The zero-order valence-electron chi connectivity index (χ0n) is 13.2. The molecular weight excluding hydrogens is 266 g/mol. The molecule has 0 aromatic carbocycles. The maximum atomic E-state index is 12.7. The highest BCUT2D eigenvalue weighted by Crippen LogP contribution is 2.30. The number of ketones is 1. The van der Waals surface area contributed by atoms with Crippen molar-refractivity contribution in [2.75, 3.05) is 34.4 Å². The van der Waals surface area contributed by atoms with Crippen molar-refractivity contribution in [3.05, 3.63) is 23.0 Å². The van der Waals surface area contributed by atoms with E-state index in [9.17, 15) is 4.79 Å². The highest BCUT2D eigenvalue weighted by Gasteiger charge is 2.31. The molecule has 5 nitrogen and oxygen atoms in total. The Labute approximate surface area is 126 Å². The van der Waals surface area contributed by atoms with Gasteiger partial charge in [0.25, 0.3) is 0 Å². The number of allylic oxidation sites excluding steroid dienone is 3. The fourth-order valence-electron chi connectivity index (χ4n) is 3.04. The van der Waals surface area contributed by atoms with Crippen molar-refractivity contribution in [2.24, 2.45) is 5.92 Å². The van der Waals surface area contributed by atoms with Gasteiger partial charge in [-0.05, 0) is 25.7 Å². The van der Waals surface area contributed by atoms with E-state index in [0.29, 0.717) is 30.0 Å². The molecule has 1 heterocycles. The average Bonchev–Trinajstić information content (AvgIpc) is 2.47. The van der Waals surface area contributed by atoms with Crippen LogP contribution in [-0.2, 0) is 9.53 Å². The van der Waals surface area contributed by atoms with E-state index in [2.05, 4.69) is 5.32 Å². The van der Waals surface area contributed by atoms with Crippen molar-refractivity contribution in [3.8, 4) is 0 Å². The molecule has 0 amide bonds. The standard InChI is InChI=1S/C16H25N3O2/c1-18-15(11-6-8-21-9-7-11)14-13(17)5-4-12(16(14)20)10-19(2)3/h10-11,17-18H,4-9H2,1-3H3/b12-10+,15-14+,17-13?. The lowest BCUT2D eigenvalue weighted by atomic mass is 9.82. The van der Waals surface area contributed by atoms with Crippen LogP contribution in [0.25, 0.3) is 0 Å². The van der Waals surface area contributed by atoms with Gasteiger partial charge in [0.2, 0.25) is 0 Å². The molecule has 1 saturated carbocycles. The zero-order chi connectivity index (χ0) is 15.4. The Morgan fingerprint density at radius 2 is 2.00 bits per heavy atom. The molecule has 1 aliphatic heterocycles. The molecule has 0 bridgehead atoms. The molecule has 21 heavy (non-hydrogen) atoms. The van der Waals surface area contributed by atoms with Gasteiger partial charge in [-0.2, -0.15) is 0 Å². The lowest BCUT2D eigenvalue weighted by Crippen LogP contribution is -2.32. The van der Waals surface area contributed by atoms with Crippen LogP contribution in [0.15, 0.2) is 23.0 Å². The topological polar surface area (TPSA) is 65.4 Å². The van der Waals surface area contributed by atoms with E-state index in [4.69, 9.17) is 10.1 Å². The predicted molar refractivity (Wildman–Crippen MR) is 83.4 cm³/mol. The third kappa shape index (κ3) is 3.53. The van der Waals surface area contributed by atoms with Crippen LogP contribution in [0.3, 0.4) is 0 Å². The number of carbonyl (C=O) groups excluding carboxylic acids is 1. The summed E-state index contributed by atoms with van der Waals surface area (Å²) in [7, 11) is 5.68. The molecule has 5 heteroatoms. The lowest BCUT2D eigenvalue weighted by molar-refractivity contribution is -0.112. The van der Waals surface area contributed by atoms with Gasteiger partial charge in [0.1, 0.15) is 0 Å². The summed E-state index contributed by atoms with van der Waals surface area (Å²) in [5.74, 6) is 0.303. The Hall–Kier alpha value is -1.62. The number of hydrogen-bond acceptors (Lipinski definition) is 5. The summed E-state index contributed by atoms with van der Waals surface area (Å²) in [4.78, 5) is 14.6. The molecule has 116 valence electrons. The molecule has 0 atom stereocenters. The highest BCUT2D eigenvalue weighted by atomic mass is 16.5. The summed E-state index contributed by atoms with van der Waals surface area (Å²) >= 11 is 0. The highest BCUT2D eigenvalue weighted by molar-refractivity contribution is 6.29. The van der Waals surface area contributed by atoms with Crippen molar-refractivity contribution < 1.29 is 9.53 Å². The first-order valence-electron chi connectivity index (χ1n) is 7.54. The molecule has 1 aliphatic carbocycles. The minimum atomic E-state index is 0.00999. The first kappa shape index (κ1) is 15.8. The Bertz CT molecular complexity index is 486. The van der Waals surface area contributed by atoms with E-state index in [1.165, 1.54) is 0 Å². The number of nitrogens with zero attached hydrogens (tertiary/aromatic N) is 1. The molecule has 2 rings (SSSR count). The van der Waals surface area contributed by atoms with E-state index >= 15 is 0 Å². The molecule has 0 aromatic rings. The monoisotopic (exact) mass is 291 g/mol. The van der Waals surface area contributed by atoms with Crippen molar-refractivity contribution in [1.29, 1.82) is 5.41 Å². The molecule has 2 fully saturated rings. The van der Waals surface area contributed by atoms with Gasteiger partial charge < -0.3 is 20.4 Å². The minimum Gasteiger partial charge on any atom is -0.391 e.